The van der Waals surface area contributed by atoms with Gasteiger partial charge in [-0.2, -0.15) is 0 Å². The van der Waals surface area contributed by atoms with Gasteiger partial charge in [0.2, 0.25) is 0 Å². The molecule has 0 bridgehead atoms. The van der Waals surface area contributed by atoms with Gasteiger partial charge in [-0.05, 0) is 37.6 Å². The molecule has 0 radical (unpaired) electrons. The summed E-state index contributed by atoms with van der Waals surface area (Å²) >= 11 is 0. The second-order valence-electron chi connectivity index (χ2n) is 6.56. The number of nitrogens with one attached hydrogen (secondary N) is 1. The topological polar surface area (TPSA) is 41.0 Å². The Morgan fingerprint density at radius 3 is 2.92 bits per heavy atom. The molecule has 0 amide bonds. The van der Waals surface area contributed by atoms with Crippen LogP contribution in [-0.2, 0) is 0 Å². The maximum Gasteiger partial charge on any atom is 0.165 e. The Morgan fingerprint density at radius 2 is 2.04 bits per heavy atom. The zero-order chi connectivity index (χ0) is 17.2. The van der Waals surface area contributed by atoms with Gasteiger partial charge >= 0.3 is 0 Å². The first kappa shape index (κ1) is 16.0. The van der Waals surface area contributed by atoms with Gasteiger partial charge in [-0.3, -0.25) is 4.98 Å². The largest absolute Gasteiger partial charge is 0.353 e. The molecule has 0 saturated carbocycles. The Kier molecular flexibility index (Phi) is 4.32. The summed E-state index contributed by atoms with van der Waals surface area (Å²) in [5, 5.41) is 4.77. The van der Waals surface area contributed by atoms with Gasteiger partial charge in [-0.25, -0.2) is 9.37 Å². The van der Waals surface area contributed by atoms with Crippen molar-refractivity contribution < 1.29 is 4.39 Å². The van der Waals surface area contributed by atoms with Gasteiger partial charge in [-0.15, -0.1) is 0 Å². The van der Waals surface area contributed by atoms with Crippen LogP contribution in [0.1, 0.15) is 25.1 Å². The summed E-state index contributed by atoms with van der Waals surface area (Å²) in [5.74, 6) is 0.190. The summed E-state index contributed by atoms with van der Waals surface area (Å²) in [7, 11) is 0. The molecule has 0 spiro atoms. The Bertz CT molecular complexity index is 882. The van der Waals surface area contributed by atoms with E-state index in [0.717, 1.165) is 36.1 Å². The van der Waals surface area contributed by atoms with Crippen LogP contribution >= 0.6 is 0 Å². The van der Waals surface area contributed by atoms with Crippen LogP contribution in [0.3, 0.4) is 0 Å². The lowest BCUT2D eigenvalue weighted by molar-refractivity contribution is 0.474. The van der Waals surface area contributed by atoms with E-state index in [0.29, 0.717) is 11.9 Å². The lowest BCUT2D eigenvalue weighted by atomic mass is 10.1. The van der Waals surface area contributed by atoms with Gasteiger partial charge in [0.15, 0.2) is 11.6 Å². The molecule has 4 rings (SSSR count). The van der Waals surface area contributed by atoms with Crippen LogP contribution in [0.4, 0.5) is 10.2 Å². The Hall–Kier alpha value is -2.53. The predicted octanol–water partition coefficient (Wildman–Crippen LogP) is 3.70. The van der Waals surface area contributed by atoms with Crippen LogP contribution in [0.25, 0.3) is 10.9 Å². The van der Waals surface area contributed by atoms with Gasteiger partial charge in [-0.1, -0.05) is 24.3 Å². The molecule has 1 aliphatic heterocycles. The van der Waals surface area contributed by atoms with Crippen molar-refractivity contribution in [1.29, 1.82) is 0 Å². The zero-order valence-electron chi connectivity index (χ0n) is 14.2. The van der Waals surface area contributed by atoms with Gasteiger partial charge in [0.25, 0.3) is 0 Å². The van der Waals surface area contributed by atoms with E-state index >= 15 is 0 Å². The van der Waals surface area contributed by atoms with Crippen LogP contribution in [0.15, 0.2) is 54.7 Å². The van der Waals surface area contributed by atoms with E-state index in [1.165, 1.54) is 6.07 Å². The quantitative estimate of drug-likeness (QED) is 0.789. The molecule has 25 heavy (non-hydrogen) atoms. The normalized spacial score (nSPS) is 18.6. The van der Waals surface area contributed by atoms with Gasteiger partial charge in [0, 0.05) is 36.8 Å². The Labute approximate surface area is 146 Å². The third kappa shape index (κ3) is 3.33. The van der Waals surface area contributed by atoms with Gasteiger partial charge < -0.3 is 10.2 Å². The van der Waals surface area contributed by atoms with E-state index in [1.807, 2.05) is 23.1 Å². The summed E-state index contributed by atoms with van der Waals surface area (Å²) in [6, 6.07) is 15.8. The number of fused-ring (bicyclic) bond motifs is 1. The molecule has 128 valence electrons. The first-order valence-electron chi connectivity index (χ1n) is 8.68. The minimum absolute atomic E-state index is 0.142. The van der Waals surface area contributed by atoms with Crippen LogP contribution < -0.4 is 10.2 Å². The van der Waals surface area contributed by atoms with E-state index in [1.54, 1.807) is 12.3 Å². The number of nitrogens with zero attached hydrogens (tertiary/aromatic N) is 3. The molecular weight excluding hydrogens is 315 g/mol. The molecule has 2 aromatic heterocycles. The second-order valence-corrected chi connectivity index (χ2v) is 6.56. The van der Waals surface area contributed by atoms with Crippen molar-refractivity contribution in [3.63, 3.8) is 0 Å². The van der Waals surface area contributed by atoms with Crippen molar-refractivity contribution >= 4 is 16.7 Å². The number of aromatic nitrogens is 2. The number of pyridine rings is 2. The predicted molar refractivity (Wildman–Crippen MR) is 98.1 cm³/mol. The van der Waals surface area contributed by atoms with Crippen LogP contribution in [0.5, 0.6) is 0 Å². The van der Waals surface area contributed by atoms with Crippen LogP contribution in [-0.4, -0.2) is 29.1 Å². The maximum absolute atomic E-state index is 13.9. The highest BCUT2D eigenvalue weighted by Gasteiger charge is 2.26. The molecule has 1 saturated heterocycles. The number of anilines is 1. The van der Waals surface area contributed by atoms with Crippen molar-refractivity contribution in [2.75, 3.05) is 18.0 Å². The molecule has 0 unspecified atom stereocenters. The summed E-state index contributed by atoms with van der Waals surface area (Å²) < 4.78 is 13.9. The number of hydrogen-bond donors (Lipinski definition) is 1. The van der Waals surface area contributed by atoms with Crippen molar-refractivity contribution in [2.24, 2.45) is 0 Å². The first-order valence-corrected chi connectivity index (χ1v) is 8.68. The van der Waals surface area contributed by atoms with E-state index in [2.05, 4.69) is 35.4 Å². The molecule has 3 heterocycles. The molecule has 1 aromatic carbocycles. The van der Waals surface area contributed by atoms with E-state index < -0.39 is 0 Å². The third-order valence-corrected chi connectivity index (χ3v) is 4.78. The summed E-state index contributed by atoms with van der Waals surface area (Å²) in [4.78, 5) is 10.9. The lowest BCUT2D eigenvalue weighted by Gasteiger charge is -2.21. The Balaban J connectivity index is 1.44. The summed E-state index contributed by atoms with van der Waals surface area (Å²) in [6.45, 7) is 3.69. The average Bonchev–Trinajstić information content (AvgIpc) is 3.10. The maximum atomic E-state index is 13.9. The fourth-order valence-electron chi connectivity index (χ4n) is 3.46. The van der Waals surface area contributed by atoms with Crippen molar-refractivity contribution in [2.45, 2.75) is 25.4 Å². The molecule has 1 N–H and O–H groups in total. The molecule has 1 fully saturated rings. The minimum Gasteiger partial charge on any atom is -0.353 e. The van der Waals surface area contributed by atoms with Crippen molar-refractivity contribution in [3.05, 3.63) is 66.2 Å². The number of benzene rings is 1. The van der Waals surface area contributed by atoms with E-state index in [4.69, 9.17) is 4.98 Å². The second kappa shape index (κ2) is 6.76. The van der Waals surface area contributed by atoms with Crippen molar-refractivity contribution in [3.8, 4) is 0 Å². The van der Waals surface area contributed by atoms with Gasteiger partial charge in [0.1, 0.15) is 0 Å². The Morgan fingerprint density at radius 1 is 1.16 bits per heavy atom. The van der Waals surface area contributed by atoms with Crippen molar-refractivity contribution in [1.82, 2.24) is 15.3 Å². The smallest absolute Gasteiger partial charge is 0.165 e. The number of halogens is 1. The zero-order valence-corrected chi connectivity index (χ0v) is 14.2. The van der Waals surface area contributed by atoms with E-state index in [9.17, 15) is 4.39 Å². The van der Waals surface area contributed by atoms with Gasteiger partial charge in [0.05, 0.1) is 11.2 Å². The summed E-state index contributed by atoms with van der Waals surface area (Å²) in [6.07, 6.45) is 2.61. The minimum atomic E-state index is -0.257. The highest BCUT2D eigenvalue weighted by Crippen LogP contribution is 2.23. The summed E-state index contributed by atoms with van der Waals surface area (Å²) in [5.41, 5.74) is 2.04. The fourth-order valence-corrected chi connectivity index (χ4v) is 3.46. The molecular formula is C20H21FN4. The standard InChI is InChI=1S/C20H21FN4/c1-14(18-9-8-15-5-2-3-7-19(15)24-18)23-16-10-12-25(13-16)20-17(21)6-4-11-22-20/h2-9,11,14,16,23H,10,12-13H2,1H3/t14-,16-/m1/s1. The number of rotatable bonds is 4. The lowest BCUT2D eigenvalue weighted by Crippen LogP contribution is -2.35. The van der Waals surface area contributed by atoms with E-state index in [-0.39, 0.29) is 11.9 Å². The average molecular weight is 336 g/mol. The molecule has 2 atom stereocenters. The SMILES string of the molecule is C[C@@H](N[C@@H]1CCN(c2ncccc2F)C1)c1ccc2ccccc2n1. The highest BCUT2D eigenvalue weighted by atomic mass is 19.1. The highest BCUT2D eigenvalue weighted by molar-refractivity contribution is 5.78. The number of para-hydroxylation sites is 1. The first-order chi connectivity index (χ1) is 12.2. The molecule has 5 heteroatoms. The molecule has 3 aromatic rings. The number of hydrogen-bond acceptors (Lipinski definition) is 4. The van der Waals surface area contributed by atoms with Crippen LogP contribution in [0.2, 0.25) is 0 Å². The van der Waals surface area contributed by atoms with Crippen LogP contribution in [0, 0.1) is 5.82 Å². The molecule has 4 nitrogen and oxygen atoms in total. The third-order valence-electron chi connectivity index (χ3n) is 4.78. The molecule has 1 aliphatic rings. The molecule has 0 aliphatic carbocycles. The monoisotopic (exact) mass is 336 g/mol. The fraction of sp³-hybridized carbons (Fsp3) is 0.300.